The van der Waals surface area contributed by atoms with E-state index in [1.54, 1.807) is 6.20 Å². The van der Waals surface area contributed by atoms with Gasteiger partial charge in [0, 0.05) is 20.2 Å². The van der Waals surface area contributed by atoms with Gasteiger partial charge in [0.2, 0.25) is 0 Å². The summed E-state index contributed by atoms with van der Waals surface area (Å²) >= 11 is 3.49. The molecule has 1 aromatic heterocycles. The summed E-state index contributed by atoms with van der Waals surface area (Å²) < 4.78 is 6.65. The van der Waals surface area contributed by atoms with Gasteiger partial charge in [-0.2, -0.15) is 0 Å². The van der Waals surface area contributed by atoms with Gasteiger partial charge in [-0.1, -0.05) is 0 Å². The first-order valence-electron chi connectivity index (χ1n) is 5.90. The van der Waals surface area contributed by atoms with Crippen LogP contribution in [0.3, 0.4) is 0 Å². The second-order valence-electron chi connectivity index (χ2n) is 4.44. The molecule has 94 valence electrons. The second-order valence-corrected chi connectivity index (χ2v) is 5.30. The quantitative estimate of drug-likeness (QED) is 0.931. The molecular formula is C12H18BrN3O. The molecule has 0 spiro atoms. The maximum absolute atomic E-state index is 5.72. The highest BCUT2D eigenvalue weighted by Crippen LogP contribution is 2.25. The summed E-state index contributed by atoms with van der Waals surface area (Å²) in [7, 11) is 2.03. The molecule has 1 unspecified atom stereocenters. The SMILES string of the molecule is CN(CC1CCCCO1)c1ncc(N)cc1Br. The van der Waals surface area contributed by atoms with Crippen LogP contribution in [-0.4, -0.2) is 31.3 Å². The van der Waals surface area contributed by atoms with Crippen LogP contribution in [0.2, 0.25) is 0 Å². The first-order valence-corrected chi connectivity index (χ1v) is 6.70. The summed E-state index contributed by atoms with van der Waals surface area (Å²) in [5.41, 5.74) is 6.35. The van der Waals surface area contributed by atoms with Gasteiger partial charge in [0.05, 0.1) is 22.5 Å². The van der Waals surface area contributed by atoms with E-state index in [1.165, 1.54) is 12.8 Å². The molecule has 0 radical (unpaired) electrons. The van der Waals surface area contributed by atoms with E-state index in [2.05, 4.69) is 25.8 Å². The molecule has 2 rings (SSSR count). The predicted octanol–water partition coefficient (Wildman–Crippen LogP) is 2.43. The van der Waals surface area contributed by atoms with E-state index < -0.39 is 0 Å². The molecule has 0 aromatic carbocycles. The third-order valence-corrected chi connectivity index (χ3v) is 3.54. The Labute approximate surface area is 110 Å². The zero-order valence-corrected chi connectivity index (χ0v) is 11.6. The maximum Gasteiger partial charge on any atom is 0.142 e. The summed E-state index contributed by atoms with van der Waals surface area (Å²) in [4.78, 5) is 6.45. The first kappa shape index (κ1) is 12.6. The number of likely N-dealkylation sites (N-methyl/N-ethyl adjacent to an activating group) is 1. The molecule has 0 aliphatic carbocycles. The summed E-state index contributed by atoms with van der Waals surface area (Å²) in [6.07, 6.45) is 5.58. The largest absolute Gasteiger partial charge is 0.397 e. The van der Waals surface area contributed by atoms with Gasteiger partial charge in [-0.15, -0.1) is 0 Å². The van der Waals surface area contributed by atoms with E-state index in [0.29, 0.717) is 11.8 Å². The van der Waals surface area contributed by atoms with Gasteiger partial charge < -0.3 is 15.4 Å². The number of nitrogens with zero attached hydrogens (tertiary/aromatic N) is 2. The molecule has 1 atom stereocenters. The third kappa shape index (κ3) is 3.33. The smallest absolute Gasteiger partial charge is 0.142 e. The van der Waals surface area contributed by atoms with E-state index in [4.69, 9.17) is 10.5 Å². The number of aromatic nitrogens is 1. The summed E-state index contributed by atoms with van der Waals surface area (Å²) in [5, 5.41) is 0. The Balaban J connectivity index is 2.00. The molecule has 1 fully saturated rings. The number of anilines is 2. The minimum Gasteiger partial charge on any atom is -0.397 e. The van der Waals surface area contributed by atoms with Crippen molar-refractivity contribution in [2.24, 2.45) is 0 Å². The van der Waals surface area contributed by atoms with Crippen molar-refractivity contribution in [2.75, 3.05) is 30.8 Å². The first-order chi connectivity index (χ1) is 8.16. The van der Waals surface area contributed by atoms with Crippen LogP contribution in [0, 0.1) is 0 Å². The Hall–Kier alpha value is -0.810. The van der Waals surface area contributed by atoms with Crippen LogP contribution in [0.5, 0.6) is 0 Å². The minimum absolute atomic E-state index is 0.319. The summed E-state index contributed by atoms with van der Waals surface area (Å²) in [6, 6.07) is 1.88. The van der Waals surface area contributed by atoms with Crippen molar-refractivity contribution in [3.63, 3.8) is 0 Å². The number of ether oxygens (including phenoxy) is 1. The Bertz CT molecular complexity index is 380. The van der Waals surface area contributed by atoms with Crippen LogP contribution in [0.15, 0.2) is 16.7 Å². The lowest BCUT2D eigenvalue weighted by molar-refractivity contribution is 0.0215. The van der Waals surface area contributed by atoms with Crippen LogP contribution < -0.4 is 10.6 Å². The van der Waals surface area contributed by atoms with Gasteiger partial charge >= 0.3 is 0 Å². The highest BCUT2D eigenvalue weighted by Gasteiger charge is 2.17. The number of pyridine rings is 1. The van der Waals surface area contributed by atoms with E-state index in [9.17, 15) is 0 Å². The number of nitrogen functional groups attached to an aromatic ring is 1. The van der Waals surface area contributed by atoms with Crippen molar-refractivity contribution < 1.29 is 4.74 Å². The van der Waals surface area contributed by atoms with Gasteiger partial charge in [0.25, 0.3) is 0 Å². The molecule has 1 aromatic rings. The van der Waals surface area contributed by atoms with Gasteiger partial charge in [0.15, 0.2) is 0 Å². The Morgan fingerprint density at radius 3 is 3.06 bits per heavy atom. The van der Waals surface area contributed by atoms with Crippen LogP contribution >= 0.6 is 15.9 Å². The van der Waals surface area contributed by atoms with Crippen molar-refractivity contribution >= 4 is 27.4 Å². The Kier molecular flexibility index (Phi) is 4.23. The van der Waals surface area contributed by atoms with Crippen molar-refractivity contribution in [3.05, 3.63) is 16.7 Å². The van der Waals surface area contributed by atoms with Crippen LogP contribution in [0.1, 0.15) is 19.3 Å². The highest BCUT2D eigenvalue weighted by molar-refractivity contribution is 9.10. The molecule has 1 aliphatic rings. The van der Waals surface area contributed by atoms with E-state index in [-0.39, 0.29) is 0 Å². The number of nitrogens with two attached hydrogens (primary N) is 1. The van der Waals surface area contributed by atoms with Gasteiger partial charge in [0.1, 0.15) is 5.82 Å². The second kappa shape index (κ2) is 5.69. The Morgan fingerprint density at radius 1 is 1.59 bits per heavy atom. The average Bonchev–Trinajstić information content (AvgIpc) is 2.30. The van der Waals surface area contributed by atoms with Gasteiger partial charge in [-0.05, 0) is 41.3 Å². The number of hydrogen-bond donors (Lipinski definition) is 1. The fourth-order valence-electron chi connectivity index (χ4n) is 2.07. The van der Waals surface area contributed by atoms with Crippen LogP contribution in [0.4, 0.5) is 11.5 Å². The topological polar surface area (TPSA) is 51.4 Å². The maximum atomic E-state index is 5.72. The molecule has 0 saturated carbocycles. The molecule has 1 saturated heterocycles. The van der Waals surface area contributed by atoms with E-state index in [0.717, 1.165) is 29.9 Å². The summed E-state index contributed by atoms with van der Waals surface area (Å²) in [6.45, 7) is 1.75. The van der Waals surface area contributed by atoms with Crippen molar-refractivity contribution in [1.82, 2.24) is 4.98 Å². The fraction of sp³-hybridized carbons (Fsp3) is 0.583. The van der Waals surface area contributed by atoms with Crippen molar-refractivity contribution in [3.8, 4) is 0 Å². The normalized spacial score (nSPS) is 20.2. The van der Waals surface area contributed by atoms with E-state index in [1.807, 2.05) is 13.1 Å². The molecule has 2 N–H and O–H groups in total. The summed E-state index contributed by atoms with van der Waals surface area (Å²) in [5.74, 6) is 0.911. The fourth-order valence-corrected chi connectivity index (χ4v) is 2.74. The molecule has 0 bridgehead atoms. The van der Waals surface area contributed by atoms with Crippen molar-refractivity contribution in [1.29, 1.82) is 0 Å². The standard InChI is InChI=1S/C12H18BrN3O/c1-16(8-10-4-2-3-5-17-10)12-11(13)6-9(14)7-15-12/h6-7,10H,2-5,8,14H2,1H3. The third-order valence-electron chi connectivity index (χ3n) is 2.96. The number of rotatable bonds is 3. The van der Waals surface area contributed by atoms with E-state index >= 15 is 0 Å². The molecule has 1 aliphatic heterocycles. The number of hydrogen-bond acceptors (Lipinski definition) is 4. The highest BCUT2D eigenvalue weighted by atomic mass is 79.9. The molecule has 17 heavy (non-hydrogen) atoms. The van der Waals surface area contributed by atoms with Crippen LogP contribution in [-0.2, 0) is 4.74 Å². The monoisotopic (exact) mass is 299 g/mol. The Morgan fingerprint density at radius 2 is 2.41 bits per heavy atom. The number of halogens is 1. The lowest BCUT2D eigenvalue weighted by Crippen LogP contribution is -2.33. The predicted molar refractivity (Wildman–Crippen MR) is 73.2 cm³/mol. The molecule has 4 nitrogen and oxygen atoms in total. The van der Waals surface area contributed by atoms with Crippen LogP contribution in [0.25, 0.3) is 0 Å². The van der Waals surface area contributed by atoms with Gasteiger partial charge in [-0.3, -0.25) is 0 Å². The van der Waals surface area contributed by atoms with Gasteiger partial charge in [-0.25, -0.2) is 4.98 Å². The lowest BCUT2D eigenvalue weighted by Gasteiger charge is -2.28. The minimum atomic E-state index is 0.319. The molecular weight excluding hydrogens is 282 g/mol. The zero-order valence-electron chi connectivity index (χ0n) is 10.0. The lowest BCUT2D eigenvalue weighted by atomic mass is 10.1. The average molecular weight is 300 g/mol. The molecule has 0 amide bonds. The molecule has 2 heterocycles. The molecule has 5 heteroatoms. The van der Waals surface area contributed by atoms with Crippen molar-refractivity contribution in [2.45, 2.75) is 25.4 Å². The zero-order chi connectivity index (χ0) is 12.3.